The predicted octanol–water partition coefficient (Wildman–Crippen LogP) is 4.58. The Morgan fingerprint density at radius 1 is 0.842 bits per heavy atom. The minimum Gasteiger partial charge on any atom is -0.352 e. The number of nitrogens with one attached hydrogen (secondary N) is 1. The maximum atomic E-state index is 13.8. The minimum atomic E-state index is -4.24. The number of benzene rings is 3. The quantitative estimate of drug-likeness (QED) is 0.409. The Kier molecular flexibility index (Phi) is 9.27. The lowest BCUT2D eigenvalue weighted by Crippen LogP contribution is -2.52. The first-order valence-electron chi connectivity index (χ1n) is 12.4. The van der Waals surface area contributed by atoms with E-state index >= 15 is 0 Å². The van der Waals surface area contributed by atoms with Crippen molar-refractivity contribution in [2.24, 2.45) is 0 Å². The van der Waals surface area contributed by atoms with Crippen molar-refractivity contribution in [2.75, 3.05) is 10.8 Å². The van der Waals surface area contributed by atoms with Crippen LogP contribution < -0.4 is 9.62 Å². The van der Waals surface area contributed by atoms with Crippen molar-refractivity contribution < 1.29 is 22.4 Å². The van der Waals surface area contributed by atoms with E-state index in [1.807, 2.05) is 52.0 Å². The predicted molar refractivity (Wildman–Crippen MR) is 147 cm³/mol. The van der Waals surface area contributed by atoms with Crippen LogP contribution in [0.3, 0.4) is 0 Å². The van der Waals surface area contributed by atoms with Crippen LogP contribution in [0.5, 0.6) is 0 Å². The zero-order valence-corrected chi connectivity index (χ0v) is 23.1. The van der Waals surface area contributed by atoms with Crippen LogP contribution >= 0.6 is 0 Å². The molecule has 1 atom stereocenters. The molecule has 0 aliphatic carbocycles. The molecule has 0 aliphatic rings. The van der Waals surface area contributed by atoms with Gasteiger partial charge < -0.3 is 10.2 Å². The molecule has 0 unspecified atom stereocenters. The summed E-state index contributed by atoms with van der Waals surface area (Å²) in [4.78, 5) is 28.0. The Balaban J connectivity index is 2.02. The lowest BCUT2D eigenvalue weighted by molar-refractivity contribution is -0.139. The molecule has 0 radical (unpaired) electrons. The van der Waals surface area contributed by atoms with Crippen molar-refractivity contribution in [1.82, 2.24) is 10.2 Å². The molecule has 3 aromatic rings. The number of carbonyl (C=O) groups excluding carboxylic acids is 2. The monoisotopic (exact) mass is 539 g/mol. The number of aryl methyl sites for hydroxylation is 2. The van der Waals surface area contributed by atoms with E-state index in [2.05, 4.69) is 5.32 Å². The van der Waals surface area contributed by atoms with Gasteiger partial charge in [-0.1, -0.05) is 47.5 Å². The van der Waals surface area contributed by atoms with Crippen LogP contribution in [0.4, 0.5) is 10.1 Å². The molecule has 1 N–H and O–H groups in total. The molecular formula is C29H34FN3O4S. The topological polar surface area (TPSA) is 86.8 Å². The van der Waals surface area contributed by atoms with Gasteiger partial charge in [0.1, 0.15) is 18.4 Å². The second-order valence-electron chi connectivity index (χ2n) is 9.65. The van der Waals surface area contributed by atoms with Crippen LogP contribution in [-0.2, 0) is 26.2 Å². The van der Waals surface area contributed by atoms with Crippen molar-refractivity contribution in [3.05, 3.63) is 95.3 Å². The molecule has 3 aromatic carbocycles. The summed E-state index contributed by atoms with van der Waals surface area (Å²) in [6.45, 7) is 8.65. The highest BCUT2D eigenvalue weighted by Gasteiger charge is 2.32. The molecule has 0 aromatic heterocycles. The Bertz CT molecular complexity index is 1360. The number of hydrogen-bond donors (Lipinski definition) is 1. The maximum absolute atomic E-state index is 13.8. The molecule has 38 heavy (non-hydrogen) atoms. The molecule has 0 fully saturated rings. The largest absolute Gasteiger partial charge is 0.352 e. The van der Waals surface area contributed by atoms with E-state index in [-0.39, 0.29) is 29.1 Å². The smallest absolute Gasteiger partial charge is 0.264 e. The van der Waals surface area contributed by atoms with Gasteiger partial charge in [-0.2, -0.15) is 0 Å². The average molecular weight is 540 g/mol. The lowest BCUT2D eigenvalue weighted by atomic mass is 10.1. The summed E-state index contributed by atoms with van der Waals surface area (Å²) >= 11 is 0. The first-order chi connectivity index (χ1) is 17.9. The van der Waals surface area contributed by atoms with Gasteiger partial charge in [0, 0.05) is 12.6 Å². The van der Waals surface area contributed by atoms with E-state index in [9.17, 15) is 22.4 Å². The summed E-state index contributed by atoms with van der Waals surface area (Å²) < 4.78 is 41.9. The molecule has 0 saturated carbocycles. The number of amides is 2. The van der Waals surface area contributed by atoms with Gasteiger partial charge >= 0.3 is 0 Å². The average Bonchev–Trinajstić information content (AvgIpc) is 2.87. The van der Waals surface area contributed by atoms with E-state index in [1.54, 1.807) is 31.2 Å². The molecule has 9 heteroatoms. The van der Waals surface area contributed by atoms with Gasteiger partial charge in [-0.25, -0.2) is 12.8 Å². The molecule has 0 saturated heterocycles. The van der Waals surface area contributed by atoms with Crippen molar-refractivity contribution in [3.8, 4) is 0 Å². The third-order valence-corrected chi connectivity index (χ3v) is 7.86. The van der Waals surface area contributed by atoms with Gasteiger partial charge in [-0.3, -0.25) is 13.9 Å². The fourth-order valence-corrected chi connectivity index (χ4v) is 5.27. The highest BCUT2D eigenvalue weighted by atomic mass is 32.2. The summed E-state index contributed by atoms with van der Waals surface area (Å²) in [5.74, 6) is -1.47. The number of sulfonamides is 1. The number of rotatable bonds is 10. The van der Waals surface area contributed by atoms with Crippen LogP contribution in [0.25, 0.3) is 0 Å². The summed E-state index contributed by atoms with van der Waals surface area (Å²) in [5.41, 5.74) is 3.05. The molecule has 0 bridgehead atoms. The Hall–Kier alpha value is -3.72. The summed E-state index contributed by atoms with van der Waals surface area (Å²) in [6, 6.07) is 17.7. The van der Waals surface area contributed by atoms with E-state index < -0.39 is 34.3 Å². The van der Waals surface area contributed by atoms with Crippen LogP contribution in [0.2, 0.25) is 0 Å². The first-order valence-corrected chi connectivity index (χ1v) is 13.8. The van der Waals surface area contributed by atoms with E-state index in [4.69, 9.17) is 0 Å². The van der Waals surface area contributed by atoms with Gasteiger partial charge in [0.05, 0.1) is 10.6 Å². The van der Waals surface area contributed by atoms with Gasteiger partial charge in [0.15, 0.2) is 0 Å². The number of halogens is 1. The summed E-state index contributed by atoms with van der Waals surface area (Å²) in [6.07, 6.45) is 0. The molecule has 0 spiro atoms. The number of hydrogen-bond acceptors (Lipinski definition) is 4. The third kappa shape index (κ3) is 7.19. The van der Waals surface area contributed by atoms with Crippen LogP contribution in [0.1, 0.15) is 37.5 Å². The number of nitrogens with zero attached hydrogens (tertiary/aromatic N) is 2. The van der Waals surface area contributed by atoms with Gasteiger partial charge in [-0.05, 0) is 76.6 Å². The normalized spacial score (nSPS) is 12.2. The molecular weight excluding hydrogens is 505 g/mol. The highest BCUT2D eigenvalue weighted by molar-refractivity contribution is 7.92. The number of carbonyl (C=O) groups is 2. The zero-order valence-electron chi connectivity index (χ0n) is 22.3. The molecule has 0 aliphatic heterocycles. The van der Waals surface area contributed by atoms with E-state index in [0.29, 0.717) is 0 Å². The van der Waals surface area contributed by atoms with Crippen molar-refractivity contribution in [1.29, 1.82) is 0 Å². The fourth-order valence-electron chi connectivity index (χ4n) is 3.85. The molecule has 202 valence electrons. The highest BCUT2D eigenvalue weighted by Crippen LogP contribution is 2.25. The summed E-state index contributed by atoms with van der Waals surface area (Å²) in [7, 11) is -4.24. The first kappa shape index (κ1) is 28.8. The molecule has 3 rings (SSSR count). The van der Waals surface area contributed by atoms with Crippen LogP contribution in [0.15, 0.2) is 77.7 Å². The van der Waals surface area contributed by atoms with Gasteiger partial charge in [-0.15, -0.1) is 0 Å². The van der Waals surface area contributed by atoms with Crippen molar-refractivity contribution >= 4 is 27.5 Å². The lowest BCUT2D eigenvalue weighted by Gasteiger charge is -2.32. The second kappa shape index (κ2) is 12.2. The van der Waals surface area contributed by atoms with Gasteiger partial charge in [0.2, 0.25) is 11.8 Å². The van der Waals surface area contributed by atoms with Crippen molar-refractivity contribution in [2.45, 2.75) is 58.1 Å². The van der Waals surface area contributed by atoms with Crippen LogP contribution in [0, 0.1) is 19.7 Å². The van der Waals surface area contributed by atoms with E-state index in [1.165, 1.54) is 17.0 Å². The minimum absolute atomic E-state index is 0.115. The standard InChI is InChI=1S/C29H34FN3O4S/c1-20(2)31-29(35)23(5)32(18-24-10-6-21(3)7-11-24)28(34)19-33(26-14-8-22(4)9-15-26)38(36,37)27-16-12-25(30)13-17-27/h6-17,20,23H,18-19H2,1-5H3,(H,31,35)/t23-/m0/s1. The maximum Gasteiger partial charge on any atom is 0.264 e. The number of anilines is 1. The van der Waals surface area contributed by atoms with Gasteiger partial charge in [0.25, 0.3) is 10.0 Å². The third-order valence-electron chi connectivity index (χ3n) is 6.07. The Morgan fingerprint density at radius 3 is 1.89 bits per heavy atom. The Labute approximate surface area is 224 Å². The SMILES string of the molecule is Cc1ccc(CN(C(=O)CN(c2ccc(C)cc2)S(=O)(=O)c2ccc(F)cc2)[C@@H](C)C(=O)NC(C)C)cc1. The second-order valence-corrected chi connectivity index (χ2v) is 11.5. The fraction of sp³-hybridized carbons (Fsp3) is 0.310. The zero-order chi connectivity index (χ0) is 28.0. The molecule has 7 nitrogen and oxygen atoms in total. The summed E-state index contributed by atoms with van der Waals surface area (Å²) in [5, 5.41) is 2.83. The molecule has 2 amide bonds. The molecule has 0 heterocycles. The van der Waals surface area contributed by atoms with Crippen molar-refractivity contribution in [3.63, 3.8) is 0 Å². The van der Waals surface area contributed by atoms with E-state index in [0.717, 1.165) is 33.1 Å². The Morgan fingerprint density at radius 2 is 1.37 bits per heavy atom. The van der Waals surface area contributed by atoms with Crippen LogP contribution in [-0.4, -0.2) is 43.8 Å².